The zero-order valence-electron chi connectivity index (χ0n) is 14.7. The molecular weight excluding hydrogens is 354 g/mol. The highest BCUT2D eigenvalue weighted by Crippen LogP contribution is 2.21. The predicted molar refractivity (Wildman–Crippen MR) is 102 cm³/mol. The second-order valence-corrected chi connectivity index (χ2v) is 6.40. The number of piperazine rings is 1. The van der Waals surface area contributed by atoms with E-state index < -0.39 is 0 Å². The highest BCUT2D eigenvalue weighted by atomic mass is 35.5. The fourth-order valence-electron chi connectivity index (χ4n) is 2.85. The van der Waals surface area contributed by atoms with E-state index >= 15 is 0 Å². The molecule has 0 spiro atoms. The van der Waals surface area contributed by atoms with Crippen molar-refractivity contribution in [1.29, 1.82) is 0 Å². The second kappa shape index (κ2) is 8.82. The lowest BCUT2D eigenvalue weighted by Gasteiger charge is -2.36. The molecule has 0 bridgehead atoms. The smallest absolute Gasteiger partial charge is 0.272 e. The zero-order valence-corrected chi connectivity index (χ0v) is 15.4. The Labute approximate surface area is 157 Å². The van der Waals surface area contributed by atoms with Crippen LogP contribution in [-0.4, -0.2) is 67.2 Å². The highest BCUT2D eigenvalue weighted by Gasteiger charge is 2.23. The lowest BCUT2D eigenvalue weighted by molar-refractivity contribution is 0.0740. The van der Waals surface area contributed by atoms with Crippen molar-refractivity contribution >= 4 is 29.0 Å². The summed E-state index contributed by atoms with van der Waals surface area (Å²) in [7, 11) is 1.64. The molecule has 26 heavy (non-hydrogen) atoms. The number of hydrogen-bond acceptors (Lipinski definition) is 6. The van der Waals surface area contributed by atoms with Crippen LogP contribution in [0.4, 0.5) is 11.5 Å². The summed E-state index contributed by atoms with van der Waals surface area (Å²) >= 11 is 6.06. The summed E-state index contributed by atoms with van der Waals surface area (Å²) in [6, 6.07) is 9.46. The van der Waals surface area contributed by atoms with Crippen LogP contribution in [-0.2, 0) is 4.74 Å². The van der Waals surface area contributed by atoms with Crippen LogP contribution in [0, 0.1) is 0 Å². The molecule has 1 fully saturated rings. The van der Waals surface area contributed by atoms with Crippen molar-refractivity contribution in [2.75, 3.05) is 56.7 Å². The number of anilines is 2. The lowest BCUT2D eigenvalue weighted by Crippen LogP contribution is -2.49. The highest BCUT2D eigenvalue weighted by molar-refractivity contribution is 6.30. The Hall–Kier alpha value is -2.38. The third-order valence-corrected chi connectivity index (χ3v) is 4.47. The normalized spacial score (nSPS) is 14.4. The molecule has 1 saturated heterocycles. The van der Waals surface area contributed by atoms with Crippen molar-refractivity contribution in [3.05, 3.63) is 47.4 Å². The van der Waals surface area contributed by atoms with Gasteiger partial charge in [0.2, 0.25) is 0 Å². The summed E-state index contributed by atoms with van der Waals surface area (Å²) in [6.45, 7) is 3.99. The maximum absolute atomic E-state index is 12.7. The van der Waals surface area contributed by atoms with Gasteiger partial charge in [0, 0.05) is 56.6 Å². The third kappa shape index (κ3) is 4.62. The number of halogens is 1. The van der Waals surface area contributed by atoms with E-state index in [4.69, 9.17) is 16.3 Å². The molecule has 2 aromatic rings. The Morgan fingerprint density at radius 2 is 2.04 bits per heavy atom. The molecule has 1 aromatic heterocycles. The van der Waals surface area contributed by atoms with Crippen LogP contribution in [0.25, 0.3) is 0 Å². The molecule has 138 valence electrons. The number of hydrogen-bond donors (Lipinski definition) is 1. The van der Waals surface area contributed by atoms with Gasteiger partial charge in [-0.3, -0.25) is 4.79 Å². The van der Waals surface area contributed by atoms with Gasteiger partial charge in [0.15, 0.2) is 0 Å². The maximum Gasteiger partial charge on any atom is 0.272 e. The third-order valence-electron chi connectivity index (χ3n) is 4.24. The quantitative estimate of drug-likeness (QED) is 0.780. The van der Waals surface area contributed by atoms with E-state index in [0.717, 1.165) is 23.8 Å². The van der Waals surface area contributed by atoms with Crippen LogP contribution in [0.2, 0.25) is 5.02 Å². The van der Waals surface area contributed by atoms with E-state index in [1.54, 1.807) is 13.2 Å². The minimum Gasteiger partial charge on any atom is -0.383 e. The molecule has 1 aromatic carbocycles. The number of methoxy groups -OCH3 is 1. The summed E-state index contributed by atoms with van der Waals surface area (Å²) in [6.07, 6.45) is 1.41. The van der Waals surface area contributed by atoms with E-state index in [9.17, 15) is 4.79 Å². The van der Waals surface area contributed by atoms with Gasteiger partial charge < -0.3 is 19.9 Å². The summed E-state index contributed by atoms with van der Waals surface area (Å²) in [5, 5.41) is 3.83. The Balaban J connectivity index is 1.59. The monoisotopic (exact) mass is 375 g/mol. The molecule has 1 amide bonds. The molecule has 0 atom stereocenters. The minimum atomic E-state index is -0.0760. The van der Waals surface area contributed by atoms with Crippen molar-refractivity contribution in [1.82, 2.24) is 14.9 Å². The SMILES string of the molecule is COCCNc1cc(C(=O)N2CCN(c3cccc(Cl)c3)CC2)ncn1. The van der Waals surface area contributed by atoms with E-state index in [2.05, 4.69) is 20.2 Å². The van der Waals surface area contributed by atoms with Crippen LogP contribution in [0.1, 0.15) is 10.5 Å². The first-order valence-corrected chi connectivity index (χ1v) is 8.90. The minimum absolute atomic E-state index is 0.0760. The van der Waals surface area contributed by atoms with Gasteiger partial charge >= 0.3 is 0 Å². The standard InChI is InChI=1S/C18H22ClN5O2/c1-26-10-5-20-17-12-16(21-13-22-17)18(25)24-8-6-23(7-9-24)15-4-2-3-14(19)11-15/h2-4,11-13H,5-10H2,1H3,(H,20,21,22). The van der Waals surface area contributed by atoms with Gasteiger partial charge in [-0.05, 0) is 18.2 Å². The van der Waals surface area contributed by atoms with Crippen molar-refractivity contribution in [3.8, 4) is 0 Å². The van der Waals surface area contributed by atoms with Crippen molar-refractivity contribution < 1.29 is 9.53 Å². The Morgan fingerprint density at radius 3 is 2.77 bits per heavy atom. The molecule has 3 rings (SSSR count). The van der Waals surface area contributed by atoms with Crippen molar-refractivity contribution in [2.45, 2.75) is 0 Å². The number of nitrogens with zero attached hydrogens (tertiary/aromatic N) is 4. The van der Waals surface area contributed by atoms with Crippen LogP contribution in [0.15, 0.2) is 36.7 Å². The molecule has 2 heterocycles. The molecule has 0 radical (unpaired) electrons. The number of rotatable bonds is 6. The lowest BCUT2D eigenvalue weighted by atomic mass is 10.2. The van der Waals surface area contributed by atoms with Crippen molar-refractivity contribution in [3.63, 3.8) is 0 Å². The fourth-order valence-corrected chi connectivity index (χ4v) is 3.04. The Kier molecular flexibility index (Phi) is 6.25. The average Bonchev–Trinajstić information content (AvgIpc) is 2.68. The van der Waals surface area contributed by atoms with Crippen LogP contribution in [0.5, 0.6) is 0 Å². The molecule has 8 heteroatoms. The molecule has 0 saturated carbocycles. The first kappa shape index (κ1) is 18.4. The van der Waals surface area contributed by atoms with Gasteiger partial charge in [-0.1, -0.05) is 17.7 Å². The zero-order chi connectivity index (χ0) is 18.4. The van der Waals surface area contributed by atoms with Crippen LogP contribution < -0.4 is 10.2 Å². The van der Waals surface area contributed by atoms with Gasteiger partial charge in [0.05, 0.1) is 6.61 Å². The number of ether oxygens (including phenoxy) is 1. The van der Waals surface area contributed by atoms with Crippen molar-refractivity contribution in [2.24, 2.45) is 0 Å². The van der Waals surface area contributed by atoms with E-state index in [1.807, 2.05) is 29.2 Å². The van der Waals surface area contributed by atoms with Gasteiger partial charge in [-0.25, -0.2) is 9.97 Å². The molecule has 0 aliphatic carbocycles. The number of aromatic nitrogens is 2. The Morgan fingerprint density at radius 1 is 1.23 bits per heavy atom. The number of carbonyl (C=O) groups excluding carboxylic acids is 1. The number of carbonyl (C=O) groups is 1. The van der Waals surface area contributed by atoms with Gasteiger partial charge in [-0.2, -0.15) is 0 Å². The average molecular weight is 376 g/mol. The van der Waals surface area contributed by atoms with E-state index in [1.165, 1.54) is 6.33 Å². The number of amides is 1. The summed E-state index contributed by atoms with van der Waals surface area (Å²) < 4.78 is 5.00. The van der Waals surface area contributed by atoms with E-state index in [-0.39, 0.29) is 5.91 Å². The number of nitrogens with one attached hydrogen (secondary N) is 1. The maximum atomic E-state index is 12.7. The largest absolute Gasteiger partial charge is 0.383 e. The van der Waals surface area contributed by atoms with Gasteiger partial charge in [0.1, 0.15) is 17.8 Å². The van der Waals surface area contributed by atoms with Gasteiger partial charge in [-0.15, -0.1) is 0 Å². The first-order chi connectivity index (χ1) is 12.7. The molecular formula is C18H22ClN5O2. The summed E-state index contributed by atoms with van der Waals surface area (Å²) in [4.78, 5) is 25.0. The van der Waals surface area contributed by atoms with E-state index in [0.29, 0.717) is 37.8 Å². The number of benzene rings is 1. The molecule has 1 aliphatic rings. The molecule has 1 aliphatic heterocycles. The molecule has 1 N–H and O–H groups in total. The van der Waals surface area contributed by atoms with Crippen LogP contribution in [0.3, 0.4) is 0 Å². The first-order valence-electron chi connectivity index (χ1n) is 8.52. The van der Waals surface area contributed by atoms with Crippen LogP contribution >= 0.6 is 11.6 Å². The summed E-state index contributed by atoms with van der Waals surface area (Å²) in [5.74, 6) is 0.547. The van der Waals surface area contributed by atoms with Gasteiger partial charge in [0.25, 0.3) is 5.91 Å². The molecule has 0 unspecified atom stereocenters. The second-order valence-electron chi connectivity index (χ2n) is 5.97. The fraction of sp³-hybridized carbons (Fsp3) is 0.389. The summed E-state index contributed by atoms with van der Waals surface area (Å²) in [5.41, 5.74) is 1.48. The predicted octanol–water partition coefficient (Wildman–Crippen LogP) is 2.15. The molecule has 7 nitrogen and oxygen atoms in total. The Bertz CT molecular complexity index is 750. The topological polar surface area (TPSA) is 70.6 Å².